The zero-order valence-electron chi connectivity index (χ0n) is 11.2. The Bertz CT molecular complexity index is 372. The summed E-state index contributed by atoms with van der Waals surface area (Å²) >= 11 is 0. The SMILES string of the molecule is CC(C)CCNC(=O)Nc1ccc(C(C)O)cc1. The van der Waals surface area contributed by atoms with E-state index in [0.717, 1.165) is 17.7 Å². The van der Waals surface area contributed by atoms with E-state index in [1.807, 2.05) is 0 Å². The van der Waals surface area contributed by atoms with Crippen LogP contribution in [0.3, 0.4) is 0 Å². The normalized spacial score (nSPS) is 12.3. The number of hydrogen-bond acceptors (Lipinski definition) is 2. The molecule has 0 aliphatic heterocycles. The fourth-order valence-electron chi connectivity index (χ4n) is 1.49. The maximum atomic E-state index is 11.5. The van der Waals surface area contributed by atoms with Gasteiger partial charge in [0.1, 0.15) is 0 Å². The molecule has 0 bridgehead atoms. The van der Waals surface area contributed by atoms with Crippen molar-refractivity contribution in [3.8, 4) is 0 Å². The first-order chi connectivity index (χ1) is 8.49. The number of urea groups is 1. The van der Waals surface area contributed by atoms with Crippen molar-refractivity contribution in [3.05, 3.63) is 29.8 Å². The minimum Gasteiger partial charge on any atom is -0.389 e. The summed E-state index contributed by atoms with van der Waals surface area (Å²) < 4.78 is 0. The molecule has 0 saturated carbocycles. The molecule has 1 unspecified atom stereocenters. The zero-order valence-corrected chi connectivity index (χ0v) is 11.2. The molecule has 0 radical (unpaired) electrons. The van der Waals surface area contributed by atoms with Crippen LogP contribution in [0, 0.1) is 5.92 Å². The summed E-state index contributed by atoms with van der Waals surface area (Å²) in [5, 5.41) is 14.9. The van der Waals surface area contributed by atoms with Gasteiger partial charge in [-0.2, -0.15) is 0 Å². The third-order valence-corrected chi connectivity index (χ3v) is 2.66. The van der Waals surface area contributed by atoms with Crippen molar-refractivity contribution in [3.63, 3.8) is 0 Å². The van der Waals surface area contributed by atoms with Crippen molar-refractivity contribution < 1.29 is 9.90 Å². The fraction of sp³-hybridized carbons (Fsp3) is 0.500. The largest absolute Gasteiger partial charge is 0.389 e. The van der Waals surface area contributed by atoms with Gasteiger partial charge in [0, 0.05) is 12.2 Å². The third kappa shape index (κ3) is 5.19. The molecule has 2 amide bonds. The lowest BCUT2D eigenvalue weighted by Gasteiger charge is -2.10. The van der Waals surface area contributed by atoms with Gasteiger partial charge in [-0.1, -0.05) is 26.0 Å². The molecule has 4 heteroatoms. The number of anilines is 1. The van der Waals surface area contributed by atoms with Gasteiger partial charge in [-0.05, 0) is 37.0 Å². The molecule has 1 aromatic rings. The first kappa shape index (κ1) is 14.5. The minimum absolute atomic E-state index is 0.194. The molecule has 0 aliphatic carbocycles. The number of benzene rings is 1. The summed E-state index contributed by atoms with van der Waals surface area (Å²) in [4.78, 5) is 11.5. The number of carbonyl (C=O) groups excluding carboxylic acids is 1. The molecule has 1 atom stereocenters. The van der Waals surface area contributed by atoms with Crippen LogP contribution in [0.5, 0.6) is 0 Å². The Morgan fingerprint density at radius 2 is 1.83 bits per heavy atom. The molecule has 0 aliphatic rings. The Kier molecular flexibility index (Phi) is 5.65. The van der Waals surface area contributed by atoms with Gasteiger partial charge in [0.25, 0.3) is 0 Å². The van der Waals surface area contributed by atoms with Crippen LogP contribution in [0.25, 0.3) is 0 Å². The van der Waals surface area contributed by atoms with E-state index in [1.54, 1.807) is 31.2 Å². The van der Waals surface area contributed by atoms with Crippen molar-refractivity contribution >= 4 is 11.7 Å². The van der Waals surface area contributed by atoms with E-state index in [4.69, 9.17) is 0 Å². The molecule has 100 valence electrons. The molecule has 0 fully saturated rings. The van der Waals surface area contributed by atoms with E-state index in [0.29, 0.717) is 12.5 Å². The topological polar surface area (TPSA) is 61.4 Å². The summed E-state index contributed by atoms with van der Waals surface area (Å²) in [6, 6.07) is 6.97. The quantitative estimate of drug-likeness (QED) is 0.752. The van der Waals surface area contributed by atoms with Crippen LogP contribution in [-0.4, -0.2) is 17.7 Å². The number of aliphatic hydroxyl groups is 1. The van der Waals surface area contributed by atoms with Gasteiger partial charge < -0.3 is 15.7 Å². The highest BCUT2D eigenvalue weighted by atomic mass is 16.3. The second-order valence-corrected chi connectivity index (χ2v) is 4.86. The average molecular weight is 250 g/mol. The number of amides is 2. The summed E-state index contributed by atoms with van der Waals surface area (Å²) in [6.07, 6.45) is 0.480. The van der Waals surface area contributed by atoms with Crippen molar-refractivity contribution in [1.29, 1.82) is 0 Å². The highest BCUT2D eigenvalue weighted by Gasteiger charge is 2.03. The van der Waals surface area contributed by atoms with Gasteiger partial charge in [-0.15, -0.1) is 0 Å². The van der Waals surface area contributed by atoms with E-state index >= 15 is 0 Å². The van der Waals surface area contributed by atoms with Crippen LogP contribution in [0.15, 0.2) is 24.3 Å². The first-order valence-electron chi connectivity index (χ1n) is 6.32. The van der Waals surface area contributed by atoms with E-state index in [2.05, 4.69) is 24.5 Å². The molecule has 0 spiro atoms. The van der Waals surface area contributed by atoms with Gasteiger partial charge in [-0.25, -0.2) is 4.79 Å². The van der Waals surface area contributed by atoms with Gasteiger partial charge >= 0.3 is 6.03 Å². The predicted molar refractivity (Wildman–Crippen MR) is 73.6 cm³/mol. The minimum atomic E-state index is -0.487. The molecule has 1 rings (SSSR count). The molecule has 4 nitrogen and oxygen atoms in total. The summed E-state index contributed by atoms with van der Waals surface area (Å²) in [5.74, 6) is 0.579. The lowest BCUT2D eigenvalue weighted by molar-refractivity contribution is 0.199. The van der Waals surface area contributed by atoms with Crippen LogP contribution in [0.1, 0.15) is 38.9 Å². The van der Waals surface area contributed by atoms with Gasteiger partial charge in [0.2, 0.25) is 0 Å². The number of nitrogens with one attached hydrogen (secondary N) is 2. The fourth-order valence-corrected chi connectivity index (χ4v) is 1.49. The van der Waals surface area contributed by atoms with Crippen molar-refractivity contribution in [1.82, 2.24) is 5.32 Å². The smallest absolute Gasteiger partial charge is 0.319 e. The van der Waals surface area contributed by atoms with Crippen LogP contribution >= 0.6 is 0 Å². The monoisotopic (exact) mass is 250 g/mol. The maximum absolute atomic E-state index is 11.5. The number of rotatable bonds is 5. The van der Waals surface area contributed by atoms with Gasteiger partial charge in [-0.3, -0.25) is 0 Å². The Morgan fingerprint density at radius 3 is 2.33 bits per heavy atom. The van der Waals surface area contributed by atoms with Crippen molar-refractivity contribution in [2.45, 2.75) is 33.3 Å². The molecular weight excluding hydrogens is 228 g/mol. The highest BCUT2D eigenvalue weighted by molar-refractivity contribution is 5.89. The van der Waals surface area contributed by atoms with Crippen LogP contribution in [0.4, 0.5) is 10.5 Å². The maximum Gasteiger partial charge on any atom is 0.319 e. The van der Waals surface area contributed by atoms with E-state index in [1.165, 1.54) is 0 Å². The Morgan fingerprint density at radius 1 is 1.22 bits per heavy atom. The zero-order chi connectivity index (χ0) is 13.5. The predicted octanol–water partition coefficient (Wildman–Crippen LogP) is 2.91. The van der Waals surface area contributed by atoms with Crippen LogP contribution < -0.4 is 10.6 Å². The molecule has 0 heterocycles. The first-order valence-corrected chi connectivity index (χ1v) is 6.32. The van der Waals surface area contributed by atoms with Crippen LogP contribution in [0.2, 0.25) is 0 Å². The van der Waals surface area contributed by atoms with Crippen molar-refractivity contribution in [2.75, 3.05) is 11.9 Å². The van der Waals surface area contributed by atoms with E-state index in [-0.39, 0.29) is 6.03 Å². The summed E-state index contributed by atoms with van der Waals surface area (Å²) in [7, 11) is 0. The highest BCUT2D eigenvalue weighted by Crippen LogP contribution is 2.15. The van der Waals surface area contributed by atoms with E-state index in [9.17, 15) is 9.90 Å². The van der Waals surface area contributed by atoms with Crippen LogP contribution in [-0.2, 0) is 0 Å². The Labute approximate surface area is 108 Å². The van der Waals surface area contributed by atoms with E-state index < -0.39 is 6.10 Å². The third-order valence-electron chi connectivity index (χ3n) is 2.66. The lowest BCUT2D eigenvalue weighted by atomic mass is 10.1. The van der Waals surface area contributed by atoms with Gasteiger partial charge in [0.15, 0.2) is 0 Å². The second-order valence-electron chi connectivity index (χ2n) is 4.86. The number of carbonyl (C=O) groups is 1. The molecule has 0 aromatic heterocycles. The van der Waals surface area contributed by atoms with Crippen molar-refractivity contribution in [2.24, 2.45) is 5.92 Å². The number of hydrogen-bond donors (Lipinski definition) is 3. The molecule has 0 saturated heterocycles. The number of aliphatic hydroxyl groups excluding tert-OH is 1. The standard InChI is InChI=1S/C14H22N2O2/c1-10(2)8-9-15-14(18)16-13-6-4-12(5-7-13)11(3)17/h4-7,10-11,17H,8-9H2,1-3H3,(H2,15,16,18). The molecular formula is C14H22N2O2. The molecule has 1 aromatic carbocycles. The van der Waals surface area contributed by atoms with Gasteiger partial charge in [0.05, 0.1) is 6.10 Å². The average Bonchev–Trinajstić information content (AvgIpc) is 2.29. The summed E-state index contributed by atoms with van der Waals surface area (Å²) in [5.41, 5.74) is 1.56. The summed E-state index contributed by atoms with van der Waals surface area (Å²) in [6.45, 7) is 6.62. The Hall–Kier alpha value is -1.55. The second kappa shape index (κ2) is 7.01. The Balaban J connectivity index is 2.40. The molecule has 3 N–H and O–H groups in total. The molecule has 18 heavy (non-hydrogen) atoms. The lowest BCUT2D eigenvalue weighted by Crippen LogP contribution is -2.30.